The molecule has 0 saturated heterocycles. The molecular formula is C20H20N6. The number of anilines is 1. The highest BCUT2D eigenvalue weighted by atomic mass is 15.2. The fourth-order valence-electron chi connectivity index (χ4n) is 3.93. The zero-order chi connectivity index (χ0) is 17.7. The van der Waals surface area contributed by atoms with E-state index in [9.17, 15) is 0 Å². The standard InChI is InChI=1S/C20H20N6/c1-21-16-9-17-20(18(25-24-17)13-10-22-26(2)11-13)23-19(16)15-8-4-6-12-5-3-7-14(12)15/h4,6,8-11,21H,3,5,7H2,1-2H3,(H,24,25). The Bertz CT molecular complexity index is 1120. The molecule has 3 aromatic heterocycles. The van der Waals surface area contributed by atoms with Gasteiger partial charge < -0.3 is 5.32 Å². The van der Waals surface area contributed by atoms with Crippen molar-refractivity contribution in [2.75, 3.05) is 12.4 Å². The van der Waals surface area contributed by atoms with Gasteiger partial charge in [-0.2, -0.15) is 10.2 Å². The van der Waals surface area contributed by atoms with E-state index in [0.29, 0.717) is 0 Å². The van der Waals surface area contributed by atoms with Gasteiger partial charge in [-0.25, -0.2) is 4.98 Å². The Hall–Kier alpha value is -3.15. The highest BCUT2D eigenvalue weighted by molar-refractivity contribution is 5.95. The monoisotopic (exact) mass is 344 g/mol. The quantitative estimate of drug-likeness (QED) is 0.596. The van der Waals surface area contributed by atoms with Crippen molar-refractivity contribution in [3.05, 3.63) is 47.8 Å². The van der Waals surface area contributed by atoms with Crippen molar-refractivity contribution in [1.82, 2.24) is 25.0 Å². The summed E-state index contributed by atoms with van der Waals surface area (Å²) in [5.41, 5.74) is 9.71. The van der Waals surface area contributed by atoms with Gasteiger partial charge in [0.05, 0.1) is 23.1 Å². The van der Waals surface area contributed by atoms with Crippen LogP contribution < -0.4 is 5.32 Å². The average molecular weight is 344 g/mol. The summed E-state index contributed by atoms with van der Waals surface area (Å²) in [5, 5.41) is 15.2. The number of hydrogen-bond acceptors (Lipinski definition) is 4. The molecule has 0 spiro atoms. The van der Waals surface area contributed by atoms with Crippen molar-refractivity contribution in [2.24, 2.45) is 7.05 Å². The SMILES string of the molecule is CNc1cc2[nH]nc(-c3cnn(C)c3)c2nc1-c1cccc2c1CCC2. The van der Waals surface area contributed by atoms with Crippen LogP contribution in [0, 0.1) is 0 Å². The second-order valence-electron chi connectivity index (χ2n) is 6.80. The highest BCUT2D eigenvalue weighted by Gasteiger charge is 2.20. The molecule has 0 aliphatic heterocycles. The van der Waals surface area contributed by atoms with E-state index in [2.05, 4.69) is 44.9 Å². The van der Waals surface area contributed by atoms with Gasteiger partial charge >= 0.3 is 0 Å². The summed E-state index contributed by atoms with van der Waals surface area (Å²) in [4.78, 5) is 5.05. The number of rotatable bonds is 3. The van der Waals surface area contributed by atoms with Crippen LogP contribution in [0.1, 0.15) is 17.5 Å². The van der Waals surface area contributed by atoms with E-state index in [4.69, 9.17) is 4.98 Å². The number of H-pyrrole nitrogens is 1. The Morgan fingerprint density at radius 2 is 2.12 bits per heavy atom. The van der Waals surface area contributed by atoms with Crippen LogP contribution in [0.4, 0.5) is 5.69 Å². The maximum Gasteiger partial charge on any atom is 0.122 e. The minimum atomic E-state index is 0.838. The highest BCUT2D eigenvalue weighted by Crippen LogP contribution is 2.37. The predicted octanol–water partition coefficient (Wildman–Crippen LogP) is 3.56. The molecular weight excluding hydrogens is 324 g/mol. The summed E-state index contributed by atoms with van der Waals surface area (Å²) in [6.07, 6.45) is 7.28. The topological polar surface area (TPSA) is 71.4 Å². The summed E-state index contributed by atoms with van der Waals surface area (Å²) in [6, 6.07) is 8.66. The molecule has 3 heterocycles. The minimum Gasteiger partial charge on any atom is -0.386 e. The minimum absolute atomic E-state index is 0.838. The summed E-state index contributed by atoms with van der Waals surface area (Å²) >= 11 is 0. The number of nitrogens with one attached hydrogen (secondary N) is 2. The van der Waals surface area contributed by atoms with Crippen molar-refractivity contribution in [2.45, 2.75) is 19.3 Å². The molecule has 1 aliphatic rings. The van der Waals surface area contributed by atoms with Crippen LogP contribution in [0.15, 0.2) is 36.7 Å². The van der Waals surface area contributed by atoms with Crippen molar-refractivity contribution in [1.29, 1.82) is 0 Å². The first kappa shape index (κ1) is 15.1. The Labute approximate surface area is 151 Å². The van der Waals surface area contributed by atoms with E-state index in [1.165, 1.54) is 23.1 Å². The number of fused-ring (bicyclic) bond motifs is 2. The van der Waals surface area contributed by atoms with E-state index >= 15 is 0 Å². The van der Waals surface area contributed by atoms with Gasteiger partial charge in [-0.3, -0.25) is 9.78 Å². The van der Waals surface area contributed by atoms with Gasteiger partial charge in [0.15, 0.2) is 0 Å². The van der Waals surface area contributed by atoms with Crippen LogP contribution in [0.5, 0.6) is 0 Å². The van der Waals surface area contributed by atoms with Crippen LogP contribution in [0.25, 0.3) is 33.5 Å². The lowest BCUT2D eigenvalue weighted by atomic mass is 9.99. The van der Waals surface area contributed by atoms with Gasteiger partial charge in [0.1, 0.15) is 11.2 Å². The lowest BCUT2D eigenvalue weighted by Gasteiger charge is -2.13. The molecule has 4 aromatic rings. The van der Waals surface area contributed by atoms with Crippen molar-refractivity contribution < 1.29 is 0 Å². The van der Waals surface area contributed by atoms with Crippen molar-refractivity contribution >= 4 is 16.7 Å². The molecule has 0 unspecified atom stereocenters. The van der Waals surface area contributed by atoms with Crippen LogP contribution >= 0.6 is 0 Å². The van der Waals surface area contributed by atoms with Gasteiger partial charge in [0, 0.05) is 31.4 Å². The molecule has 5 rings (SSSR count). The van der Waals surface area contributed by atoms with E-state index in [1.807, 2.05) is 26.5 Å². The Morgan fingerprint density at radius 3 is 2.92 bits per heavy atom. The smallest absolute Gasteiger partial charge is 0.122 e. The van der Waals surface area contributed by atoms with Crippen LogP contribution in [0.2, 0.25) is 0 Å². The van der Waals surface area contributed by atoms with Crippen molar-refractivity contribution in [3.8, 4) is 22.5 Å². The van der Waals surface area contributed by atoms with Gasteiger partial charge in [-0.05, 0) is 36.5 Å². The maximum absolute atomic E-state index is 5.05. The van der Waals surface area contributed by atoms with E-state index in [0.717, 1.165) is 46.5 Å². The zero-order valence-electron chi connectivity index (χ0n) is 14.9. The molecule has 130 valence electrons. The first-order chi connectivity index (χ1) is 12.7. The Morgan fingerprint density at radius 1 is 1.19 bits per heavy atom. The van der Waals surface area contributed by atoms with Crippen LogP contribution in [0.3, 0.4) is 0 Å². The van der Waals surface area contributed by atoms with Crippen LogP contribution in [-0.2, 0) is 19.9 Å². The number of pyridine rings is 1. The molecule has 0 saturated carbocycles. The summed E-state index contributed by atoms with van der Waals surface area (Å²) in [7, 11) is 3.84. The third kappa shape index (κ3) is 2.22. The molecule has 2 N–H and O–H groups in total. The third-order valence-corrected chi connectivity index (χ3v) is 5.18. The fourth-order valence-corrected chi connectivity index (χ4v) is 3.93. The largest absolute Gasteiger partial charge is 0.386 e. The molecule has 1 aliphatic carbocycles. The predicted molar refractivity (Wildman–Crippen MR) is 103 cm³/mol. The summed E-state index contributed by atoms with van der Waals surface area (Å²) in [5.74, 6) is 0. The Kier molecular flexibility index (Phi) is 3.31. The van der Waals surface area contributed by atoms with Crippen molar-refractivity contribution in [3.63, 3.8) is 0 Å². The lowest BCUT2D eigenvalue weighted by Crippen LogP contribution is -1.98. The second kappa shape index (κ2) is 5.69. The van der Waals surface area contributed by atoms with Gasteiger partial charge in [-0.1, -0.05) is 18.2 Å². The number of aromatic nitrogens is 5. The zero-order valence-corrected chi connectivity index (χ0v) is 14.9. The van der Waals surface area contributed by atoms with Crippen LogP contribution in [-0.4, -0.2) is 32.0 Å². The maximum atomic E-state index is 5.05. The number of hydrogen-bond donors (Lipinski definition) is 2. The first-order valence-corrected chi connectivity index (χ1v) is 8.91. The molecule has 0 radical (unpaired) electrons. The molecule has 0 bridgehead atoms. The van der Waals surface area contributed by atoms with Gasteiger partial charge in [0.25, 0.3) is 0 Å². The molecule has 0 amide bonds. The summed E-state index contributed by atoms with van der Waals surface area (Å²) in [6.45, 7) is 0. The third-order valence-electron chi connectivity index (χ3n) is 5.18. The van der Waals surface area contributed by atoms with E-state index < -0.39 is 0 Å². The number of aromatic amines is 1. The number of benzene rings is 1. The molecule has 26 heavy (non-hydrogen) atoms. The number of nitrogens with zero attached hydrogens (tertiary/aromatic N) is 4. The summed E-state index contributed by atoms with van der Waals surface area (Å²) < 4.78 is 1.78. The molecule has 1 aromatic carbocycles. The van der Waals surface area contributed by atoms with Gasteiger partial charge in [0.2, 0.25) is 0 Å². The van der Waals surface area contributed by atoms with E-state index in [-0.39, 0.29) is 0 Å². The molecule has 6 heteroatoms. The molecule has 0 fully saturated rings. The molecule has 6 nitrogen and oxygen atoms in total. The van der Waals surface area contributed by atoms with E-state index in [1.54, 1.807) is 4.68 Å². The lowest BCUT2D eigenvalue weighted by molar-refractivity contribution is 0.768. The number of aryl methyl sites for hydroxylation is 2. The normalized spacial score (nSPS) is 13.3. The second-order valence-corrected chi connectivity index (χ2v) is 6.80. The first-order valence-electron chi connectivity index (χ1n) is 8.91. The van der Waals surface area contributed by atoms with Gasteiger partial charge in [-0.15, -0.1) is 0 Å². The Balaban J connectivity index is 1.76. The fraction of sp³-hybridized carbons (Fsp3) is 0.250. The molecule has 0 atom stereocenters. The average Bonchev–Trinajstić information content (AvgIpc) is 3.38.